The average Bonchev–Trinajstić information content (AvgIpc) is 2.82. The molecule has 1 aliphatic carbocycles. The van der Waals surface area contributed by atoms with E-state index in [4.69, 9.17) is 0 Å². The third-order valence-electron chi connectivity index (χ3n) is 3.18. The van der Waals surface area contributed by atoms with Crippen LogP contribution in [0, 0.1) is 5.92 Å². The molecular formula is C15H19NO. The van der Waals surface area contributed by atoms with Crippen molar-refractivity contribution in [1.82, 2.24) is 0 Å². The van der Waals surface area contributed by atoms with Crippen molar-refractivity contribution >= 4 is 11.6 Å². The molecule has 0 aromatic heterocycles. The van der Waals surface area contributed by atoms with Gasteiger partial charge in [-0.2, -0.15) is 0 Å². The third kappa shape index (κ3) is 3.45. The molecule has 1 aromatic carbocycles. The molecule has 1 aromatic rings. The van der Waals surface area contributed by atoms with E-state index in [1.54, 1.807) is 0 Å². The number of hydrogen-bond acceptors (Lipinski definition) is 1. The van der Waals surface area contributed by atoms with Crippen LogP contribution < -0.4 is 5.32 Å². The Balaban J connectivity index is 1.90. The molecule has 0 aliphatic heterocycles. The number of nitrogens with one attached hydrogen (secondary N) is 1. The summed E-state index contributed by atoms with van der Waals surface area (Å²) in [5.74, 6) is 0.555. The summed E-state index contributed by atoms with van der Waals surface area (Å²) in [7, 11) is 0. The Kier molecular flexibility index (Phi) is 3.97. The van der Waals surface area contributed by atoms with Gasteiger partial charge in [0.25, 0.3) is 0 Å². The Labute approximate surface area is 103 Å². The van der Waals surface area contributed by atoms with Crippen LogP contribution in [0.4, 0.5) is 5.69 Å². The fourth-order valence-electron chi connectivity index (χ4n) is 2.18. The summed E-state index contributed by atoms with van der Waals surface area (Å²) in [4.78, 5) is 11.8. The van der Waals surface area contributed by atoms with E-state index in [0.717, 1.165) is 24.9 Å². The molecular weight excluding hydrogens is 210 g/mol. The van der Waals surface area contributed by atoms with Crippen molar-refractivity contribution < 1.29 is 4.79 Å². The van der Waals surface area contributed by atoms with Crippen molar-refractivity contribution in [2.45, 2.75) is 32.6 Å². The molecule has 0 fully saturated rings. The summed E-state index contributed by atoms with van der Waals surface area (Å²) in [5.41, 5.74) is 2.17. The minimum atomic E-state index is 0.120. The van der Waals surface area contributed by atoms with Gasteiger partial charge in [0, 0.05) is 12.1 Å². The lowest BCUT2D eigenvalue weighted by Crippen LogP contribution is -2.14. The summed E-state index contributed by atoms with van der Waals surface area (Å²) in [6.07, 6.45) is 8.14. The van der Waals surface area contributed by atoms with Gasteiger partial charge < -0.3 is 5.32 Å². The van der Waals surface area contributed by atoms with Crippen LogP contribution in [0.15, 0.2) is 36.4 Å². The number of anilines is 1. The first-order valence-corrected chi connectivity index (χ1v) is 6.33. The zero-order valence-corrected chi connectivity index (χ0v) is 10.3. The Morgan fingerprint density at radius 2 is 2.35 bits per heavy atom. The van der Waals surface area contributed by atoms with Gasteiger partial charge in [-0.05, 0) is 42.9 Å². The van der Waals surface area contributed by atoms with Crippen LogP contribution in [0.3, 0.4) is 0 Å². The fraction of sp³-hybridized carbons (Fsp3) is 0.400. The number of aryl methyl sites for hydroxylation is 1. The van der Waals surface area contributed by atoms with Gasteiger partial charge in [0.2, 0.25) is 5.91 Å². The van der Waals surface area contributed by atoms with Gasteiger partial charge in [0.15, 0.2) is 0 Å². The number of amides is 1. The van der Waals surface area contributed by atoms with E-state index in [9.17, 15) is 4.79 Å². The van der Waals surface area contributed by atoms with Crippen LogP contribution in [-0.4, -0.2) is 5.91 Å². The second-order valence-corrected chi connectivity index (χ2v) is 4.57. The number of carbonyl (C=O) groups excluding carboxylic acids is 1. The lowest BCUT2D eigenvalue weighted by molar-refractivity contribution is -0.116. The fourth-order valence-corrected chi connectivity index (χ4v) is 2.18. The molecule has 1 atom stereocenters. The van der Waals surface area contributed by atoms with Gasteiger partial charge in [0.05, 0.1) is 0 Å². The van der Waals surface area contributed by atoms with E-state index in [-0.39, 0.29) is 5.91 Å². The average molecular weight is 229 g/mol. The van der Waals surface area contributed by atoms with E-state index >= 15 is 0 Å². The first-order valence-electron chi connectivity index (χ1n) is 6.33. The summed E-state index contributed by atoms with van der Waals surface area (Å²) >= 11 is 0. The largest absolute Gasteiger partial charge is 0.326 e. The van der Waals surface area contributed by atoms with E-state index in [2.05, 4.69) is 30.5 Å². The number of benzene rings is 1. The highest BCUT2D eigenvalue weighted by Crippen LogP contribution is 2.21. The molecule has 2 nitrogen and oxygen atoms in total. The lowest BCUT2D eigenvalue weighted by atomic mass is 10.0. The number of carbonyl (C=O) groups is 1. The van der Waals surface area contributed by atoms with Gasteiger partial charge in [-0.15, -0.1) is 0 Å². The van der Waals surface area contributed by atoms with Crippen LogP contribution in [-0.2, 0) is 11.2 Å². The highest BCUT2D eigenvalue weighted by Gasteiger charge is 2.13. The second kappa shape index (κ2) is 5.67. The standard InChI is InChI=1S/C15H19NO/c1-2-12-8-5-9-14(10-12)16-15(17)11-13-6-3-4-7-13/h3,5-6,8-10,13H,2,4,7,11H2,1H3,(H,16,17). The summed E-state index contributed by atoms with van der Waals surface area (Å²) in [6, 6.07) is 8.06. The smallest absolute Gasteiger partial charge is 0.224 e. The molecule has 1 N–H and O–H groups in total. The Morgan fingerprint density at radius 3 is 3.06 bits per heavy atom. The summed E-state index contributed by atoms with van der Waals surface area (Å²) in [6.45, 7) is 2.12. The van der Waals surface area contributed by atoms with Gasteiger partial charge in [-0.25, -0.2) is 0 Å². The van der Waals surface area contributed by atoms with Crippen molar-refractivity contribution in [2.24, 2.45) is 5.92 Å². The van der Waals surface area contributed by atoms with Gasteiger partial charge >= 0.3 is 0 Å². The zero-order valence-electron chi connectivity index (χ0n) is 10.3. The van der Waals surface area contributed by atoms with Crippen molar-refractivity contribution in [3.63, 3.8) is 0 Å². The topological polar surface area (TPSA) is 29.1 Å². The summed E-state index contributed by atoms with van der Waals surface area (Å²) in [5, 5.41) is 2.97. The number of rotatable bonds is 4. The van der Waals surface area contributed by atoms with Gasteiger partial charge in [0.1, 0.15) is 0 Å². The SMILES string of the molecule is CCc1cccc(NC(=O)CC2C=CCC2)c1. The zero-order chi connectivity index (χ0) is 12.1. The Bertz CT molecular complexity index is 423. The summed E-state index contributed by atoms with van der Waals surface area (Å²) < 4.78 is 0. The van der Waals surface area contributed by atoms with Crippen LogP contribution >= 0.6 is 0 Å². The highest BCUT2D eigenvalue weighted by molar-refractivity contribution is 5.91. The molecule has 0 saturated carbocycles. The van der Waals surface area contributed by atoms with Crippen LogP contribution in [0.2, 0.25) is 0 Å². The molecule has 1 amide bonds. The molecule has 0 spiro atoms. The van der Waals surface area contributed by atoms with Crippen LogP contribution in [0.5, 0.6) is 0 Å². The third-order valence-corrected chi connectivity index (χ3v) is 3.18. The predicted octanol–water partition coefficient (Wildman–Crippen LogP) is 3.54. The molecule has 0 bridgehead atoms. The lowest BCUT2D eigenvalue weighted by Gasteiger charge is -2.09. The van der Waals surface area contributed by atoms with E-state index in [0.29, 0.717) is 12.3 Å². The highest BCUT2D eigenvalue weighted by atomic mass is 16.1. The van der Waals surface area contributed by atoms with Crippen LogP contribution in [0.1, 0.15) is 31.7 Å². The normalized spacial score (nSPS) is 18.3. The molecule has 0 heterocycles. The number of hydrogen-bond donors (Lipinski definition) is 1. The van der Waals surface area contributed by atoms with Crippen LogP contribution in [0.25, 0.3) is 0 Å². The minimum Gasteiger partial charge on any atom is -0.326 e. The molecule has 0 saturated heterocycles. The molecule has 2 rings (SSSR count). The van der Waals surface area contributed by atoms with Crippen molar-refractivity contribution in [3.8, 4) is 0 Å². The van der Waals surface area contributed by atoms with E-state index < -0.39 is 0 Å². The maximum absolute atomic E-state index is 11.8. The molecule has 0 radical (unpaired) electrons. The first-order chi connectivity index (χ1) is 8.28. The number of allylic oxidation sites excluding steroid dienone is 2. The van der Waals surface area contributed by atoms with Gasteiger partial charge in [-0.1, -0.05) is 31.2 Å². The molecule has 2 heteroatoms. The molecule has 90 valence electrons. The quantitative estimate of drug-likeness (QED) is 0.786. The molecule has 1 aliphatic rings. The van der Waals surface area contributed by atoms with E-state index in [1.807, 2.05) is 18.2 Å². The van der Waals surface area contributed by atoms with E-state index in [1.165, 1.54) is 5.56 Å². The van der Waals surface area contributed by atoms with Crippen molar-refractivity contribution in [2.75, 3.05) is 5.32 Å². The van der Waals surface area contributed by atoms with Crippen molar-refractivity contribution in [1.29, 1.82) is 0 Å². The molecule has 17 heavy (non-hydrogen) atoms. The Morgan fingerprint density at radius 1 is 1.47 bits per heavy atom. The van der Waals surface area contributed by atoms with Gasteiger partial charge in [-0.3, -0.25) is 4.79 Å². The maximum Gasteiger partial charge on any atom is 0.224 e. The first kappa shape index (κ1) is 11.9. The predicted molar refractivity (Wildman–Crippen MR) is 70.9 cm³/mol. The maximum atomic E-state index is 11.8. The second-order valence-electron chi connectivity index (χ2n) is 4.57. The molecule has 1 unspecified atom stereocenters. The van der Waals surface area contributed by atoms with Crippen molar-refractivity contribution in [3.05, 3.63) is 42.0 Å². The Hall–Kier alpha value is -1.57. The monoisotopic (exact) mass is 229 g/mol. The minimum absolute atomic E-state index is 0.120.